The van der Waals surface area contributed by atoms with Gasteiger partial charge in [-0.15, -0.1) is 0 Å². The van der Waals surface area contributed by atoms with Gasteiger partial charge >= 0.3 is 0 Å². The topological polar surface area (TPSA) is 89.8 Å². The highest BCUT2D eigenvalue weighted by Crippen LogP contribution is 2.27. The summed E-state index contributed by atoms with van der Waals surface area (Å²) in [4.78, 5) is 25.3. The standard InChI is InChI=1S/C24H24N2O5/c1-29-21-11-10-17(15-22(21)30-2)12-13-25-24(28)20(16-19-9-6-14-31-19)26-23(27)18-7-4-3-5-8-18/h3-11,14-16H,12-13H2,1-2H3,(H,25,28)(H,26,27). The number of furan rings is 1. The van der Waals surface area contributed by atoms with Crippen LogP contribution in [0.25, 0.3) is 6.08 Å². The van der Waals surface area contributed by atoms with Crippen molar-refractivity contribution in [1.82, 2.24) is 10.6 Å². The van der Waals surface area contributed by atoms with Gasteiger partial charge in [-0.2, -0.15) is 0 Å². The normalized spacial score (nSPS) is 11.0. The van der Waals surface area contributed by atoms with E-state index in [9.17, 15) is 9.59 Å². The van der Waals surface area contributed by atoms with E-state index in [0.717, 1.165) is 5.56 Å². The summed E-state index contributed by atoms with van der Waals surface area (Å²) in [7, 11) is 3.15. The van der Waals surface area contributed by atoms with Crippen LogP contribution in [-0.2, 0) is 11.2 Å². The molecule has 0 unspecified atom stereocenters. The first kappa shape index (κ1) is 21.7. The minimum atomic E-state index is -0.416. The molecule has 0 fully saturated rings. The summed E-state index contributed by atoms with van der Waals surface area (Å²) in [6, 6.07) is 17.7. The molecule has 2 amide bonds. The molecule has 0 bridgehead atoms. The van der Waals surface area contributed by atoms with Crippen molar-refractivity contribution in [2.24, 2.45) is 0 Å². The molecule has 160 valence electrons. The Kier molecular flexibility index (Phi) is 7.48. The van der Waals surface area contributed by atoms with E-state index in [0.29, 0.717) is 35.8 Å². The Bertz CT molecular complexity index is 1040. The Morgan fingerprint density at radius 1 is 0.968 bits per heavy atom. The van der Waals surface area contributed by atoms with Crippen LogP contribution in [0.3, 0.4) is 0 Å². The van der Waals surface area contributed by atoms with E-state index < -0.39 is 5.91 Å². The highest BCUT2D eigenvalue weighted by molar-refractivity contribution is 6.05. The van der Waals surface area contributed by atoms with E-state index in [2.05, 4.69) is 10.6 Å². The van der Waals surface area contributed by atoms with Crippen LogP contribution in [0, 0.1) is 0 Å². The molecule has 0 aliphatic rings. The van der Waals surface area contributed by atoms with Gasteiger partial charge in [0.25, 0.3) is 11.8 Å². The molecule has 7 heteroatoms. The Labute approximate surface area is 180 Å². The second-order valence-electron chi connectivity index (χ2n) is 6.59. The van der Waals surface area contributed by atoms with Crippen molar-refractivity contribution in [3.63, 3.8) is 0 Å². The van der Waals surface area contributed by atoms with Gasteiger partial charge in [-0.1, -0.05) is 24.3 Å². The molecule has 0 aliphatic heterocycles. The zero-order valence-electron chi connectivity index (χ0n) is 17.4. The van der Waals surface area contributed by atoms with Crippen molar-refractivity contribution in [2.75, 3.05) is 20.8 Å². The maximum atomic E-state index is 12.8. The second kappa shape index (κ2) is 10.7. The molecule has 1 aromatic heterocycles. The van der Waals surface area contributed by atoms with Gasteiger partial charge in [-0.25, -0.2) is 0 Å². The zero-order chi connectivity index (χ0) is 22.1. The first-order chi connectivity index (χ1) is 15.1. The van der Waals surface area contributed by atoms with Crippen LogP contribution < -0.4 is 20.1 Å². The van der Waals surface area contributed by atoms with Gasteiger partial charge in [0.2, 0.25) is 0 Å². The fourth-order valence-electron chi connectivity index (χ4n) is 2.91. The van der Waals surface area contributed by atoms with Gasteiger partial charge in [0.05, 0.1) is 20.5 Å². The third kappa shape index (κ3) is 5.99. The van der Waals surface area contributed by atoms with Crippen LogP contribution in [0.5, 0.6) is 11.5 Å². The van der Waals surface area contributed by atoms with Crippen molar-refractivity contribution >= 4 is 17.9 Å². The minimum Gasteiger partial charge on any atom is -0.493 e. The Morgan fingerprint density at radius 2 is 1.74 bits per heavy atom. The van der Waals surface area contributed by atoms with Crippen molar-refractivity contribution in [2.45, 2.75) is 6.42 Å². The Morgan fingerprint density at radius 3 is 2.42 bits per heavy atom. The predicted octanol–water partition coefficient (Wildman–Crippen LogP) is 3.43. The maximum Gasteiger partial charge on any atom is 0.267 e. The molecule has 3 rings (SSSR count). The summed E-state index contributed by atoms with van der Waals surface area (Å²) in [5.41, 5.74) is 1.52. The molecular weight excluding hydrogens is 396 g/mol. The summed E-state index contributed by atoms with van der Waals surface area (Å²) in [5.74, 6) is 0.926. The van der Waals surface area contributed by atoms with Crippen LogP contribution >= 0.6 is 0 Å². The fraction of sp³-hybridized carbons (Fsp3) is 0.167. The van der Waals surface area contributed by atoms with Crippen molar-refractivity contribution in [3.8, 4) is 11.5 Å². The number of methoxy groups -OCH3 is 2. The zero-order valence-corrected chi connectivity index (χ0v) is 17.4. The lowest BCUT2D eigenvalue weighted by molar-refractivity contribution is -0.117. The highest BCUT2D eigenvalue weighted by atomic mass is 16.5. The fourth-order valence-corrected chi connectivity index (χ4v) is 2.91. The summed E-state index contributed by atoms with van der Waals surface area (Å²) in [6.07, 6.45) is 3.57. The number of ether oxygens (including phenoxy) is 2. The molecule has 0 saturated heterocycles. The van der Waals surface area contributed by atoms with Gasteiger partial charge in [-0.05, 0) is 48.4 Å². The largest absolute Gasteiger partial charge is 0.493 e. The predicted molar refractivity (Wildman–Crippen MR) is 117 cm³/mol. The first-order valence-electron chi connectivity index (χ1n) is 9.71. The first-order valence-corrected chi connectivity index (χ1v) is 9.71. The Balaban J connectivity index is 1.67. The number of carbonyl (C=O) groups is 2. The van der Waals surface area contributed by atoms with Crippen molar-refractivity contribution in [1.29, 1.82) is 0 Å². The average molecular weight is 420 g/mol. The van der Waals surface area contributed by atoms with Crippen LogP contribution in [0.4, 0.5) is 0 Å². The molecule has 2 N–H and O–H groups in total. The molecule has 0 aliphatic carbocycles. The molecule has 1 heterocycles. The van der Waals surface area contributed by atoms with Gasteiger partial charge in [0.1, 0.15) is 11.5 Å². The van der Waals surface area contributed by atoms with Crippen molar-refractivity contribution < 1.29 is 23.5 Å². The average Bonchev–Trinajstić information content (AvgIpc) is 3.32. The SMILES string of the molecule is COc1ccc(CCNC(=O)C(=Cc2ccco2)NC(=O)c2ccccc2)cc1OC. The second-order valence-corrected chi connectivity index (χ2v) is 6.59. The summed E-state index contributed by atoms with van der Waals surface area (Å²) in [5, 5.41) is 5.50. The molecule has 0 saturated carbocycles. The van der Waals surface area contributed by atoms with Crippen LogP contribution in [0.15, 0.2) is 77.0 Å². The van der Waals surface area contributed by atoms with E-state index in [1.165, 1.54) is 12.3 Å². The third-order valence-electron chi connectivity index (χ3n) is 4.51. The van der Waals surface area contributed by atoms with Crippen LogP contribution in [0.2, 0.25) is 0 Å². The number of benzene rings is 2. The van der Waals surface area contributed by atoms with E-state index in [1.54, 1.807) is 50.6 Å². The number of amides is 2. The lowest BCUT2D eigenvalue weighted by atomic mass is 10.1. The number of carbonyl (C=O) groups excluding carboxylic acids is 2. The number of hydrogen-bond acceptors (Lipinski definition) is 5. The quantitative estimate of drug-likeness (QED) is 0.518. The smallest absolute Gasteiger partial charge is 0.267 e. The Hall–Kier alpha value is -4.00. The van der Waals surface area contributed by atoms with Gasteiger partial charge in [0.15, 0.2) is 11.5 Å². The summed E-state index contributed by atoms with van der Waals surface area (Å²) < 4.78 is 15.8. The van der Waals surface area contributed by atoms with Crippen molar-refractivity contribution in [3.05, 3.63) is 89.5 Å². The minimum absolute atomic E-state index is 0.0936. The number of nitrogens with one attached hydrogen (secondary N) is 2. The highest BCUT2D eigenvalue weighted by Gasteiger charge is 2.15. The summed E-state index contributed by atoms with van der Waals surface area (Å²) in [6.45, 7) is 0.366. The molecular formula is C24H24N2O5. The molecule has 0 atom stereocenters. The van der Waals surface area contributed by atoms with Gasteiger partial charge < -0.3 is 24.5 Å². The van der Waals surface area contributed by atoms with Crippen LogP contribution in [-0.4, -0.2) is 32.6 Å². The maximum absolute atomic E-state index is 12.8. The van der Waals surface area contributed by atoms with E-state index in [-0.39, 0.29) is 11.6 Å². The lowest BCUT2D eigenvalue weighted by Crippen LogP contribution is -2.35. The molecule has 2 aromatic carbocycles. The van der Waals surface area contributed by atoms with Crippen LogP contribution in [0.1, 0.15) is 21.7 Å². The third-order valence-corrected chi connectivity index (χ3v) is 4.51. The number of hydrogen-bond donors (Lipinski definition) is 2. The van der Waals surface area contributed by atoms with E-state index >= 15 is 0 Å². The summed E-state index contributed by atoms with van der Waals surface area (Å²) >= 11 is 0. The molecule has 7 nitrogen and oxygen atoms in total. The molecule has 0 radical (unpaired) electrons. The monoisotopic (exact) mass is 420 g/mol. The van der Waals surface area contributed by atoms with Gasteiger partial charge in [0, 0.05) is 18.2 Å². The van der Waals surface area contributed by atoms with E-state index in [1.807, 2.05) is 24.3 Å². The molecule has 3 aromatic rings. The lowest BCUT2D eigenvalue weighted by Gasteiger charge is -2.12. The molecule has 0 spiro atoms. The van der Waals surface area contributed by atoms with E-state index in [4.69, 9.17) is 13.9 Å². The number of rotatable bonds is 9. The van der Waals surface area contributed by atoms with Gasteiger partial charge in [-0.3, -0.25) is 9.59 Å². The molecule has 31 heavy (non-hydrogen) atoms.